The number of likely N-dealkylation sites (N-methyl/N-ethyl adjacent to an activating group) is 1. The summed E-state index contributed by atoms with van der Waals surface area (Å²) in [5.74, 6) is 0. The van der Waals surface area contributed by atoms with Gasteiger partial charge in [0.25, 0.3) is 0 Å². The van der Waals surface area contributed by atoms with Crippen LogP contribution in [0.2, 0.25) is 0 Å². The SMILES string of the molecule is CC.CN1CCCC2(CCO2)C1. The number of likely N-dealkylation sites (tertiary alicyclic amines) is 1. The van der Waals surface area contributed by atoms with E-state index in [4.69, 9.17) is 4.74 Å². The van der Waals surface area contributed by atoms with Gasteiger partial charge in [-0.1, -0.05) is 13.8 Å². The van der Waals surface area contributed by atoms with Gasteiger partial charge in [-0.05, 0) is 26.4 Å². The van der Waals surface area contributed by atoms with Crippen LogP contribution >= 0.6 is 0 Å². The maximum atomic E-state index is 5.59. The third kappa shape index (κ3) is 1.99. The highest BCUT2D eigenvalue weighted by Crippen LogP contribution is 2.34. The Bertz CT molecular complexity index is 132. The molecule has 0 N–H and O–H groups in total. The summed E-state index contributed by atoms with van der Waals surface area (Å²) < 4.78 is 5.59. The van der Waals surface area contributed by atoms with Gasteiger partial charge < -0.3 is 9.64 Å². The number of hydrogen-bond acceptors (Lipinski definition) is 2. The number of piperidine rings is 1. The van der Waals surface area contributed by atoms with Gasteiger partial charge in [0.1, 0.15) is 0 Å². The van der Waals surface area contributed by atoms with Gasteiger partial charge in [0.2, 0.25) is 0 Å². The molecule has 2 saturated heterocycles. The lowest BCUT2D eigenvalue weighted by atomic mass is 9.86. The Balaban J connectivity index is 0.000000336. The molecule has 2 fully saturated rings. The van der Waals surface area contributed by atoms with Crippen LogP contribution in [0.15, 0.2) is 0 Å². The van der Waals surface area contributed by atoms with Crippen molar-refractivity contribution in [3.05, 3.63) is 0 Å². The number of nitrogens with zero attached hydrogens (tertiary/aromatic N) is 1. The molecular weight excluding hydrogens is 150 g/mol. The highest BCUT2D eigenvalue weighted by atomic mass is 16.5. The monoisotopic (exact) mass is 171 g/mol. The molecule has 0 aliphatic carbocycles. The maximum Gasteiger partial charge on any atom is 0.0831 e. The molecular formula is C10H21NO. The molecule has 1 unspecified atom stereocenters. The second-order valence-electron chi connectivity index (χ2n) is 3.62. The van der Waals surface area contributed by atoms with Crippen LogP contribution in [0.1, 0.15) is 33.1 Å². The first-order valence-electron chi connectivity index (χ1n) is 5.13. The Hall–Kier alpha value is -0.0800. The standard InChI is InChI=1S/C8H15NO.C2H6/c1-9-5-2-3-8(7-9)4-6-10-8;1-2/h2-7H2,1H3;1-2H3. The minimum Gasteiger partial charge on any atom is -0.373 e. The third-order valence-corrected chi connectivity index (χ3v) is 2.70. The summed E-state index contributed by atoms with van der Waals surface area (Å²) >= 11 is 0. The number of rotatable bonds is 0. The van der Waals surface area contributed by atoms with Gasteiger partial charge in [0.15, 0.2) is 0 Å². The fourth-order valence-electron chi connectivity index (χ4n) is 2.03. The van der Waals surface area contributed by atoms with E-state index in [0.29, 0.717) is 5.60 Å². The summed E-state index contributed by atoms with van der Waals surface area (Å²) in [6, 6.07) is 0. The van der Waals surface area contributed by atoms with E-state index < -0.39 is 0 Å². The number of ether oxygens (including phenoxy) is 1. The Morgan fingerprint density at radius 3 is 2.25 bits per heavy atom. The Kier molecular flexibility index (Phi) is 3.53. The van der Waals surface area contributed by atoms with E-state index in [2.05, 4.69) is 11.9 Å². The van der Waals surface area contributed by atoms with Gasteiger partial charge in [-0.25, -0.2) is 0 Å². The highest BCUT2D eigenvalue weighted by Gasteiger charge is 2.40. The van der Waals surface area contributed by atoms with Crippen LogP contribution in [0.25, 0.3) is 0 Å². The molecule has 2 aliphatic rings. The van der Waals surface area contributed by atoms with Gasteiger partial charge in [-0.3, -0.25) is 0 Å². The highest BCUT2D eigenvalue weighted by molar-refractivity contribution is 4.92. The van der Waals surface area contributed by atoms with Crippen LogP contribution in [-0.2, 0) is 4.74 Å². The first kappa shape index (κ1) is 10.0. The molecule has 2 heteroatoms. The lowest BCUT2D eigenvalue weighted by molar-refractivity contribution is -0.173. The molecule has 0 aromatic carbocycles. The third-order valence-electron chi connectivity index (χ3n) is 2.70. The molecule has 1 atom stereocenters. The van der Waals surface area contributed by atoms with Crippen molar-refractivity contribution < 1.29 is 4.74 Å². The van der Waals surface area contributed by atoms with E-state index in [9.17, 15) is 0 Å². The van der Waals surface area contributed by atoms with Crippen molar-refractivity contribution in [2.24, 2.45) is 0 Å². The van der Waals surface area contributed by atoms with Crippen LogP contribution in [0.3, 0.4) is 0 Å². The topological polar surface area (TPSA) is 12.5 Å². The summed E-state index contributed by atoms with van der Waals surface area (Å²) in [4.78, 5) is 2.38. The molecule has 0 saturated carbocycles. The molecule has 0 aromatic heterocycles. The van der Waals surface area contributed by atoms with E-state index in [1.165, 1.54) is 25.8 Å². The molecule has 0 aromatic rings. The zero-order valence-electron chi connectivity index (χ0n) is 8.60. The van der Waals surface area contributed by atoms with Crippen molar-refractivity contribution in [2.45, 2.75) is 38.7 Å². The summed E-state index contributed by atoms with van der Waals surface area (Å²) in [6.07, 6.45) is 3.89. The first-order valence-corrected chi connectivity index (χ1v) is 5.13. The molecule has 1 spiro atoms. The van der Waals surface area contributed by atoms with Gasteiger partial charge in [0, 0.05) is 13.0 Å². The van der Waals surface area contributed by atoms with Crippen LogP contribution < -0.4 is 0 Å². The van der Waals surface area contributed by atoms with Crippen LogP contribution in [-0.4, -0.2) is 37.2 Å². The average Bonchev–Trinajstić information content (AvgIpc) is 2.06. The van der Waals surface area contributed by atoms with Crippen molar-refractivity contribution in [1.29, 1.82) is 0 Å². The predicted octanol–water partition coefficient (Wildman–Crippen LogP) is 1.90. The van der Waals surface area contributed by atoms with Gasteiger partial charge in [-0.15, -0.1) is 0 Å². The minimum atomic E-state index is 0.299. The van der Waals surface area contributed by atoms with E-state index in [1.54, 1.807) is 0 Å². The molecule has 2 nitrogen and oxygen atoms in total. The molecule has 2 rings (SSSR count). The minimum absolute atomic E-state index is 0.299. The zero-order chi connectivity index (χ0) is 9.03. The average molecular weight is 171 g/mol. The van der Waals surface area contributed by atoms with E-state index in [-0.39, 0.29) is 0 Å². The van der Waals surface area contributed by atoms with E-state index in [0.717, 1.165) is 13.2 Å². The molecule has 12 heavy (non-hydrogen) atoms. The Morgan fingerprint density at radius 2 is 1.92 bits per heavy atom. The van der Waals surface area contributed by atoms with Gasteiger partial charge in [-0.2, -0.15) is 0 Å². The number of hydrogen-bond donors (Lipinski definition) is 0. The van der Waals surface area contributed by atoms with Crippen LogP contribution in [0, 0.1) is 0 Å². The molecule has 0 bridgehead atoms. The normalized spacial score (nSPS) is 35.2. The van der Waals surface area contributed by atoms with Crippen molar-refractivity contribution in [1.82, 2.24) is 4.90 Å². The molecule has 2 heterocycles. The lowest BCUT2D eigenvalue weighted by Gasteiger charge is -2.47. The fraction of sp³-hybridized carbons (Fsp3) is 1.00. The molecule has 72 valence electrons. The molecule has 0 radical (unpaired) electrons. The molecule has 0 amide bonds. The fourth-order valence-corrected chi connectivity index (χ4v) is 2.03. The smallest absolute Gasteiger partial charge is 0.0831 e. The Morgan fingerprint density at radius 1 is 1.25 bits per heavy atom. The van der Waals surface area contributed by atoms with Crippen molar-refractivity contribution >= 4 is 0 Å². The lowest BCUT2D eigenvalue weighted by Crippen LogP contribution is -2.54. The molecule has 2 aliphatic heterocycles. The van der Waals surface area contributed by atoms with E-state index in [1.807, 2.05) is 13.8 Å². The van der Waals surface area contributed by atoms with Crippen LogP contribution in [0.4, 0.5) is 0 Å². The van der Waals surface area contributed by atoms with Crippen LogP contribution in [0.5, 0.6) is 0 Å². The van der Waals surface area contributed by atoms with Crippen molar-refractivity contribution in [2.75, 3.05) is 26.7 Å². The quantitative estimate of drug-likeness (QED) is 0.552. The second-order valence-corrected chi connectivity index (χ2v) is 3.62. The van der Waals surface area contributed by atoms with Gasteiger partial charge >= 0.3 is 0 Å². The summed E-state index contributed by atoms with van der Waals surface area (Å²) in [7, 11) is 2.18. The predicted molar refractivity (Wildman–Crippen MR) is 51.4 cm³/mol. The van der Waals surface area contributed by atoms with Gasteiger partial charge in [0.05, 0.1) is 12.2 Å². The van der Waals surface area contributed by atoms with E-state index >= 15 is 0 Å². The maximum absolute atomic E-state index is 5.59. The largest absolute Gasteiger partial charge is 0.373 e. The first-order chi connectivity index (χ1) is 5.81. The van der Waals surface area contributed by atoms with Crippen molar-refractivity contribution in [3.8, 4) is 0 Å². The summed E-state index contributed by atoms with van der Waals surface area (Å²) in [5, 5.41) is 0. The summed E-state index contributed by atoms with van der Waals surface area (Å²) in [5.41, 5.74) is 0.299. The summed E-state index contributed by atoms with van der Waals surface area (Å²) in [6.45, 7) is 7.41. The Labute approximate surface area is 75.9 Å². The second kappa shape index (κ2) is 4.24. The zero-order valence-corrected chi connectivity index (χ0v) is 8.60. The van der Waals surface area contributed by atoms with Crippen molar-refractivity contribution in [3.63, 3.8) is 0 Å².